The first-order valence-corrected chi connectivity index (χ1v) is 8.94. The maximum absolute atomic E-state index is 13.3. The Bertz CT molecular complexity index is 848. The van der Waals surface area contributed by atoms with E-state index in [0.717, 1.165) is 11.3 Å². The van der Waals surface area contributed by atoms with Crippen molar-refractivity contribution in [3.05, 3.63) is 102 Å². The van der Waals surface area contributed by atoms with E-state index >= 15 is 0 Å². The van der Waals surface area contributed by atoms with Crippen LogP contribution in [0.2, 0.25) is 0 Å². The van der Waals surface area contributed by atoms with Crippen molar-refractivity contribution in [1.29, 1.82) is 0 Å². The molecule has 0 bridgehead atoms. The molecule has 3 heteroatoms. The van der Waals surface area contributed by atoms with Gasteiger partial charge in [-0.25, -0.2) is 0 Å². The van der Waals surface area contributed by atoms with Crippen LogP contribution >= 0.6 is 0 Å². The monoisotopic (exact) mass is 358 g/mol. The minimum atomic E-state index is -0.789. The van der Waals surface area contributed by atoms with Crippen LogP contribution in [-0.2, 0) is 0 Å². The van der Waals surface area contributed by atoms with Crippen LogP contribution in [0.3, 0.4) is 0 Å². The summed E-state index contributed by atoms with van der Waals surface area (Å²) in [6, 6.07) is 25.5. The molecule has 0 aromatic heterocycles. The van der Waals surface area contributed by atoms with Gasteiger partial charge < -0.3 is 4.74 Å². The Balaban J connectivity index is 2.00. The highest BCUT2D eigenvalue weighted by atomic mass is 16.5. The highest BCUT2D eigenvalue weighted by Crippen LogP contribution is 2.31. The number of hydrogen-bond donors (Lipinski definition) is 0. The third-order valence-corrected chi connectivity index (χ3v) is 4.82. The molecule has 27 heavy (non-hydrogen) atoms. The van der Waals surface area contributed by atoms with Gasteiger partial charge in [-0.3, -0.25) is 9.59 Å². The van der Waals surface area contributed by atoms with Gasteiger partial charge in [-0.1, -0.05) is 79.7 Å². The van der Waals surface area contributed by atoms with Crippen molar-refractivity contribution >= 4 is 11.6 Å². The van der Waals surface area contributed by atoms with Crippen LogP contribution in [0.25, 0.3) is 0 Å². The van der Waals surface area contributed by atoms with Crippen molar-refractivity contribution < 1.29 is 14.3 Å². The quantitative estimate of drug-likeness (QED) is 0.432. The topological polar surface area (TPSA) is 43.4 Å². The van der Waals surface area contributed by atoms with Crippen LogP contribution in [0.1, 0.15) is 39.1 Å². The van der Waals surface area contributed by atoms with Crippen molar-refractivity contribution in [2.45, 2.75) is 12.8 Å². The van der Waals surface area contributed by atoms with Gasteiger partial charge in [0.15, 0.2) is 11.6 Å². The Labute approximate surface area is 159 Å². The number of ketones is 2. The van der Waals surface area contributed by atoms with Crippen molar-refractivity contribution in [2.75, 3.05) is 7.11 Å². The Morgan fingerprint density at radius 3 is 1.56 bits per heavy atom. The lowest BCUT2D eigenvalue weighted by Crippen LogP contribution is -2.29. The fourth-order valence-corrected chi connectivity index (χ4v) is 3.24. The van der Waals surface area contributed by atoms with Gasteiger partial charge in [0.25, 0.3) is 0 Å². The molecule has 0 aliphatic carbocycles. The summed E-state index contributed by atoms with van der Waals surface area (Å²) < 4.78 is 5.21. The van der Waals surface area contributed by atoms with Crippen molar-refractivity contribution in [1.82, 2.24) is 0 Å². The SMILES string of the molecule is COc1ccc(C(C)C(C(=O)c2ccccc2)C(=O)c2ccccc2)cc1. The van der Waals surface area contributed by atoms with Gasteiger partial charge in [-0.15, -0.1) is 0 Å². The average Bonchev–Trinajstić information content (AvgIpc) is 2.75. The summed E-state index contributed by atoms with van der Waals surface area (Å²) >= 11 is 0. The fourth-order valence-electron chi connectivity index (χ4n) is 3.24. The molecule has 3 aromatic carbocycles. The number of rotatable bonds is 7. The first-order valence-electron chi connectivity index (χ1n) is 8.94. The van der Waals surface area contributed by atoms with E-state index in [1.807, 2.05) is 67.6 Å². The summed E-state index contributed by atoms with van der Waals surface area (Å²) in [4.78, 5) is 26.5. The molecule has 0 aliphatic rings. The Kier molecular flexibility index (Phi) is 5.82. The molecule has 1 unspecified atom stereocenters. The molecule has 0 aliphatic heterocycles. The van der Waals surface area contributed by atoms with Crippen molar-refractivity contribution in [3.63, 3.8) is 0 Å². The van der Waals surface area contributed by atoms with Gasteiger partial charge in [0.05, 0.1) is 13.0 Å². The summed E-state index contributed by atoms with van der Waals surface area (Å²) in [5.41, 5.74) is 2.02. The van der Waals surface area contributed by atoms with Gasteiger partial charge in [0.2, 0.25) is 0 Å². The zero-order valence-corrected chi connectivity index (χ0v) is 15.5. The summed E-state index contributed by atoms with van der Waals surface area (Å²) in [6.07, 6.45) is 0. The molecule has 0 radical (unpaired) electrons. The minimum absolute atomic E-state index is 0.159. The molecule has 3 nitrogen and oxygen atoms in total. The molecule has 136 valence electrons. The molecule has 0 fully saturated rings. The second-order valence-corrected chi connectivity index (χ2v) is 6.50. The number of ether oxygens (including phenoxy) is 1. The van der Waals surface area contributed by atoms with E-state index in [4.69, 9.17) is 4.74 Å². The van der Waals surface area contributed by atoms with E-state index in [1.54, 1.807) is 31.4 Å². The number of hydrogen-bond acceptors (Lipinski definition) is 3. The van der Waals surface area contributed by atoms with Gasteiger partial charge in [-0.2, -0.15) is 0 Å². The molecule has 0 saturated heterocycles. The Hall–Kier alpha value is -3.20. The van der Waals surface area contributed by atoms with Gasteiger partial charge in [-0.05, 0) is 23.6 Å². The summed E-state index contributed by atoms with van der Waals surface area (Å²) in [6.45, 7) is 1.92. The number of benzene rings is 3. The van der Waals surface area contributed by atoms with Crippen LogP contribution in [-0.4, -0.2) is 18.7 Å². The van der Waals surface area contributed by atoms with E-state index in [-0.39, 0.29) is 17.5 Å². The first kappa shape index (κ1) is 18.6. The number of Topliss-reactive ketones (excluding diaryl/α,β-unsaturated/α-hetero) is 2. The molecule has 1 atom stereocenters. The van der Waals surface area contributed by atoms with Crippen LogP contribution in [0.4, 0.5) is 0 Å². The van der Waals surface area contributed by atoms with Gasteiger partial charge in [0, 0.05) is 11.1 Å². The lowest BCUT2D eigenvalue weighted by molar-refractivity contribution is 0.0787. The average molecular weight is 358 g/mol. The van der Waals surface area contributed by atoms with Crippen LogP contribution in [0, 0.1) is 5.92 Å². The molecular weight excluding hydrogens is 336 g/mol. The molecule has 0 amide bonds. The maximum Gasteiger partial charge on any atom is 0.174 e. The number of carbonyl (C=O) groups is 2. The van der Waals surface area contributed by atoms with Crippen molar-refractivity contribution in [3.8, 4) is 5.75 Å². The number of carbonyl (C=O) groups excluding carboxylic acids is 2. The second kappa shape index (κ2) is 8.45. The second-order valence-electron chi connectivity index (χ2n) is 6.50. The predicted molar refractivity (Wildman–Crippen MR) is 106 cm³/mol. The summed E-state index contributed by atoms with van der Waals surface area (Å²) in [5, 5.41) is 0. The predicted octanol–water partition coefficient (Wildman–Crippen LogP) is 5.18. The highest BCUT2D eigenvalue weighted by Gasteiger charge is 2.34. The number of methoxy groups -OCH3 is 1. The molecule has 3 aromatic rings. The molecule has 0 heterocycles. The van der Waals surface area contributed by atoms with Crippen molar-refractivity contribution in [2.24, 2.45) is 5.92 Å². The Morgan fingerprint density at radius 2 is 1.15 bits per heavy atom. The van der Waals surface area contributed by atoms with Gasteiger partial charge in [0.1, 0.15) is 5.75 Å². The lowest BCUT2D eigenvalue weighted by atomic mass is 9.78. The van der Waals surface area contributed by atoms with E-state index in [9.17, 15) is 9.59 Å². The lowest BCUT2D eigenvalue weighted by Gasteiger charge is -2.23. The highest BCUT2D eigenvalue weighted by molar-refractivity contribution is 6.16. The summed E-state index contributed by atoms with van der Waals surface area (Å²) in [5.74, 6) is -0.633. The zero-order valence-electron chi connectivity index (χ0n) is 15.5. The third-order valence-electron chi connectivity index (χ3n) is 4.82. The molecular formula is C24H22O3. The van der Waals surface area contributed by atoms with E-state index in [2.05, 4.69) is 0 Å². The third kappa shape index (κ3) is 4.14. The Morgan fingerprint density at radius 1 is 0.704 bits per heavy atom. The van der Waals surface area contributed by atoms with Crippen LogP contribution in [0.5, 0.6) is 5.75 Å². The smallest absolute Gasteiger partial charge is 0.174 e. The van der Waals surface area contributed by atoms with E-state index < -0.39 is 5.92 Å². The molecule has 0 spiro atoms. The maximum atomic E-state index is 13.3. The van der Waals surface area contributed by atoms with Crippen LogP contribution < -0.4 is 4.74 Å². The summed E-state index contributed by atoms with van der Waals surface area (Å²) in [7, 11) is 1.61. The largest absolute Gasteiger partial charge is 0.497 e. The van der Waals surface area contributed by atoms with Gasteiger partial charge >= 0.3 is 0 Å². The van der Waals surface area contributed by atoms with Crippen LogP contribution in [0.15, 0.2) is 84.9 Å². The standard InChI is InChI=1S/C24H22O3/c1-17(18-13-15-21(27-2)16-14-18)22(23(25)19-9-5-3-6-10-19)24(26)20-11-7-4-8-12-20/h3-17,22H,1-2H3. The molecule has 0 N–H and O–H groups in total. The first-order chi connectivity index (χ1) is 13.1. The molecule has 3 rings (SSSR count). The zero-order chi connectivity index (χ0) is 19.2. The molecule has 0 saturated carbocycles. The fraction of sp³-hybridized carbons (Fsp3) is 0.167. The minimum Gasteiger partial charge on any atom is -0.497 e. The van der Waals surface area contributed by atoms with E-state index in [0.29, 0.717) is 11.1 Å². The van der Waals surface area contributed by atoms with E-state index in [1.165, 1.54) is 0 Å². The normalized spacial score (nSPS) is 11.8.